The van der Waals surface area contributed by atoms with Crippen LogP contribution in [0.4, 0.5) is 0 Å². The molecular weight excluding hydrogens is 258 g/mol. The van der Waals surface area contributed by atoms with E-state index in [4.69, 9.17) is 9.52 Å². The number of aliphatic hydroxyl groups excluding tert-OH is 1. The third kappa shape index (κ3) is 2.72. The van der Waals surface area contributed by atoms with Crippen LogP contribution in [0, 0.1) is 0 Å². The van der Waals surface area contributed by atoms with Crippen molar-refractivity contribution in [3.8, 4) is 0 Å². The van der Waals surface area contributed by atoms with Crippen molar-refractivity contribution < 1.29 is 14.3 Å². The summed E-state index contributed by atoms with van der Waals surface area (Å²) in [5, 5.41) is 9.72. The number of hydrogen-bond donors (Lipinski definition) is 1. The van der Waals surface area contributed by atoms with Gasteiger partial charge in [-0.15, -0.1) is 0 Å². The molecule has 0 unspecified atom stereocenters. The van der Waals surface area contributed by atoms with E-state index in [1.807, 2.05) is 19.9 Å². The van der Waals surface area contributed by atoms with Crippen LogP contribution in [0.15, 0.2) is 39.5 Å². The Bertz CT molecular complexity index is 675. The van der Waals surface area contributed by atoms with Crippen LogP contribution >= 0.6 is 0 Å². The molecule has 2 aromatic rings. The van der Waals surface area contributed by atoms with Crippen LogP contribution in [0.2, 0.25) is 0 Å². The number of carbonyl (C=O) groups is 1. The topological polar surface area (TPSA) is 70.8 Å². The molecule has 0 aliphatic rings. The minimum atomic E-state index is -0.655. The molecule has 5 nitrogen and oxygen atoms in total. The van der Waals surface area contributed by atoms with Crippen molar-refractivity contribution in [2.75, 3.05) is 13.2 Å². The number of benzene rings is 1. The first-order chi connectivity index (χ1) is 9.54. The molecule has 106 valence electrons. The SMILES string of the molecule is CC(C)N(CCO)C(=O)c1cc2ccccc2oc1=O. The fraction of sp³-hybridized carbons (Fsp3) is 0.333. The second-order valence-corrected chi connectivity index (χ2v) is 4.80. The van der Waals surface area contributed by atoms with Gasteiger partial charge in [-0.25, -0.2) is 4.79 Å². The van der Waals surface area contributed by atoms with Gasteiger partial charge in [-0.05, 0) is 26.0 Å². The lowest BCUT2D eigenvalue weighted by Crippen LogP contribution is -2.40. The molecule has 1 amide bonds. The van der Waals surface area contributed by atoms with Gasteiger partial charge in [0.25, 0.3) is 5.91 Å². The quantitative estimate of drug-likeness (QED) is 0.861. The minimum Gasteiger partial charge on any atom is -0.422 e. The van der Waals surface area contributed by atoms with Crippen molar-refractivity contribution in [3.05, 3.63) is 46.3 Å². The van der Waals surface area contributed by atoms with Crippen LogP contribution in [0.1, 0.15) is 24.2 Å². The molecule has 0 aliphatic heterocycles. The number of nitrogens with zero attached hydrogens (tertiary/aromatic N) is 1. The lowest BCUT2D eigenvalue weighted by Gasteiger charge is -2.25. The molecule has 5 heteroatoms. The Morgan fingerprint density at radius 1 is 1.35 bits per heavy atom. The van der Waals surface area contributed by atoms with Crippen LogP contribution in [0.3, 0.4) is 0 Å². The van der Waals surface area contributed by atoms with E-state index in [1.165, 1.54) is 11.0 Å². The van der Waals surface area contributed by atoms with Gasteiger partial charge in [-0.1, -0.05) is 18.2 Å². The van der Waals surface area contributed by atoms with Gasteiger partial charge < -0.3 is 14.4 Å². The third-order valence-corrected chi connectivity index (χ3v) is 3.10. The van der Waals surface area contributed by atoms with Gasteiger partial charge >= 0.3 is 5.63 Å². The van der Waals surface area contributed by atoms with Crippen molar-refractivity contribution in [1.82, 2.24) is 4.90 Å². The first-order valence-corrected chi connectivity index (χ1v) is 6.49. The number of rotatable bonds is 4. The van der Waals surface area contributed by atoms with E-state index in [0.29, 0.717) is 11.0 Å². The highest BCUT2D eigenvalue weighted by atomic mass is 16.4. The van der Waals surface area contributed by atoms with Gasteiger partial charge in [-0.2, -0.15) is 0 Å². The number of amides is 1. The number of para-hydroxylation sites is 1. The molecule has 1 aromatic heterocycles. The van der Waals surface area contributed by atoms with E-state index < -0.39 is 11.5 Å². The zero-order valence-electron chi connectivity index (χ0n) is 11.5. The molecule has 0 fully saturated rings. The van der Waals surface area contributed by atoms with Crippen molar-refractivity contribution in [2.24, 2.45) is 0 Å². The smallest absolute Gasteiger partial charge is 0.349 e. The maximum absolute atomic E-state index is 12.4. The van der Waals surface area contributed by atoms with Crippen molar-refractivity contribution in [2.45, 2.75) is 19.9 Å². The van der Waals surface area contributed by atoms with E-state index >= 15 is 0 Å². The molecule has 1 aromatic carbocycles. The van der Waals surface area contributed by atoms with Crippen LogP contribution in [0.25, 0.3) is 11.0 Å². The summed E-state index contributed by atoms with van der Waals surface area (Å²) in [6, 6.07) is 8.46. The van der Waals surface area contributed by atoms with Crippen molar-refractivity contribution in [1.29, 1.82) is 0 Å². The predicted octanol–water partition coefficient (Wildman–Crippen LogP) is 1.64. The Morgan fingerprint density at radius 3 is 2.70 bits per heavy atom. The Hall–Kier alpha value is -2.14. The Kier molecular flexibility index (Phi) is 4.20. The van der Waals surface area contributed by atoms with E-state index in [2.05, 4.69) is 0 Å². The molecule has 0 bridgehead atoms. The van der Waals surface area contributed by atoms with Crippen LogP contribution in [-0.2, 0) is 0 Å². The summed E-state index contributed by atoms with van der Waals surface area (Å²) in [5.74, 6) is -0.423. The molecule has 0 aliphatic carbocycles. The number of aliphatic hydroxyl groups is 1. The number of carbonyl (C=O) groups excluding carboxylic acids is 1. The minimum absolute atomic E-state index is 0.00847. The van der Waals surface area contributed by atoms with Gasteiger partial charge in [-0.3, -0.25) is 4.79 Å². The zero-order valence-corrected chi connectivity index (χ0v) is 11.5. The predicted molar refractivity (Wildman–Crippen MR) is 75.7 cm³/mol. The molecule has 20 heavy (non-hydrogen) atoms. The molecule has 0 spiro atoms. The third-order valence-electron chi connectivity index (χ3n) is 3.10. The molecule has 0 atom stereocenters. The number of hydrogen-bond acceptors (Lipinski definition) is 4. The van der Waals surface area contributed by atoms with E-state index in [0.717, 1.165) is 0 Å². The van der Waals surface area contributed by atoms with Crippen molar-refractivity contribution >= 4 is 16.9 Å². The average molecular weight is 275 g/mol. The fourth-order valence-corrected chi connectivity index (χ4v) is 2.07. The van der Waals surface area contributed by atoms with E-state index in [-0.39, 0.29) is 24.8 Å². The largest absolute Gasteiger partial charge is 0.422 e. The zero-order chi connectivity index (χ0) is 14.7. The van der Waals surface area contributed by atoms with Crippen LogP contribution < -0.4 is 5.63 Å². The lowest BCUT2D eigenvalue weighted by molar-refractivity contribution is 0.0661. The summed E-state index contributed by atoms with van der Waals surface area (Å²) < 4.78 is 5.16. The fourth-order valence-electron chi connectivity index (χ4n) is 2.07. The Labute approximate surface area is 116 Å². The molecule has 0 saturated heterocycles. The van der Waals surface area contributed by atoms with Gasteiger partial charge in [0.2, 0.25) is 0 Å². The highest BCUT2D eigenvalue weighted by Crippen LogP contribution is 2.14. The lowest BCUT2D eigenvalue weighted by atomic mass is 10.1. The summed E-state index contributed by atoms with van der Waals surface area (Å²) in [4.78, 5) is 25.8. The first kappa shape index (κ1) is 14.3. The standard InChI is InChI=1S/C15H17NO4/c1-10(2)16(7-8-17)14(18)12-9-11-5-3-4-6-13(11)20-15(12)19/h3-6,9-10,17H,7-8H2,1-2H3. The molecule has 0 saturated carbocycles. The highest BCUT2D eigenvalue weighted by molar-refractivity contribution is 5.96. The first-order valence-electron chi connectivity index (χ1n) is 6.49. The van der Waals surface area contributed by atoms with Crippen molar-refractivity contribution in [3.63, 3.8) is 0 Å². The molecule has 0 radical (unpaired) electrons. The second-order valence-electron chi connectivity index (χ2n) is 4.80. The maximum atomic E-state index is 12.4. The maximum Gasteiger partial charge on any atom is 0.349 e. The van der Waals surface area contributed by atoms with E-state index in [9.17, 15) is 9.59 Å². The highest BCUT2D eigenvalue weighted by Gasteiger charge is 2.22. The van der Waals surface area contributed by atoms with Gasteiger partial charge in [0, 0.05) is 18.0 Å². The normalized spacial score (nSPS) is 11.0. The van der Waals surface area contributed by atoms with Crippen LogP contribution in [0.5, 0.6) is 0 Å². The summed E-state index contributed by atoms with van der Waals surface area (Å²) in [5.41, 5.74) is -0.213. The second kappa shape index (κ2) is 5.88. The summed E-state index contributed by atoms with van der Waals surface area (Å²) in [6.07, 6.45) is 0. The monoisotopic (exact) mass is 275 g/mol. The molecule has 1 N–H and O–H groups in total. The summed E-state index contributed by atoms with van der Waals surface area (Å²) >= 11 is 0. The summed E-state index contributed by atoms with van der Waals surface area (Å²) in [6.45, 7) is 3.69. The van der Waals surface area contributed by atoms with E-state index in [1.54, 1.807) is 18.2 Å². The van der Waals surface area contributed by atoms with Gasteiger partial charge in [0.15, 0.2) is 0 Å². The molecular formula is C15H17NO4. The summed E-state index contributed by atoms with van der Waals surface area (Å²) in [7, 11) is 0. The number of fused-ring (bicyclic) bond motifs is 1. The van der Waals surface area contributed by atoms with Gasteiger partial charge in [0.1, 0.15) is 11.1 Å². The Morgan fingerprint density at radius 2 is 2.05 bits per heavy atom. The average Bonchev–Trinajstić information content (AvgIpc) is 2.43. The van der Waals surface area contributed by atoms with Crippen LogP contribution in [-0.4, -0.2) is 35.1 Å². The molecule has 1 heterocycles. The molecule has 2 rings (SSSR count). The Balaban J connectivity index is 2.48. The van der Waals surface area contributed by atoms with Gasteiger partial charge in [0.05, 0.1) is 6.61 Å².